The first kappa shape index (κ1) is 21.8. The number of ether oxygens (including phenoxy) is 1. The van der Waals surface area contributed by atoms with E-state index in [9.17, 15) is 14.4 Å². The predicted molar refractivity (Wildman–Crippen MR) is 120 cm³/mol. The molecule has 4 N–H and O–H groups in total. The molecule has 2 fully saturated rings. The van der Waals surface area contributed by atoms with Crippen LogP contribution in [0.25, 0.3) is 0 Å². The van der Waals surface area contributed by atoms with Crippen molar-refractivity contribution >= 4 is 23.5 Å². The molecule has 2 saturated heterocycles. The average molecular weight is 437 g/mol. The number of nitrogens with one attached hydrogen (secondary N) is 4. The number of anilines is 1. The summed E-state index contributed by atoms with van der Waals surface area (Å²) in [6, 6.07) is 16.3. The topological polar surface area (TPSA) is 109 Å². The van der Waals surface area contributed by atoms with Crippen LogP contribution in [0.5, 0.6) is 0 Å². The van der Waals surface area contributed by atoms with Crippen LogP contribution < -0.4 is 21.3 Å². The Kier molecular flexibility index (Phi) is 7.01. The summed E-state index contributed by atoms with van der Waals surface area (Å²) in [5.41, 5.74) is 1.32. The summed E-state index contributed by atoms with van der Waals surface area (Å²) < 4.78 is 5.76. The van der Waals surface area contributed by atoms with Gasteiger partial charge in [0.1, 0.15) is 6.04 Å². The van der Waals surface area contributed by atoms with Crippen molar-refractivity contribution in [3.05, 3.63) is 66.2 Å². The largest absolute Gasteiger partial charge is 0.376 e. The standard InChI is InChI=1S/C24H28N4O4/c29-20-14-13-18(22(27-20)19-12-7-15-32-19)26-24(31)28-21(16-8-3-1-4-9-16)23(30)25-17-10-5-2-6-11-17/h1-6,8-11,18-19,21-22H,7,12-15H2,(H,25,30)(H,27,29)(H2,26,28,31). The molecule has 32 heavy (non-hydrogen) atoms. The van der Waals surface area contributed by atoms with Gasteiger partial charge in [-0.05, 0) is 37.0 Å². The molecule has 8 heteroatoms. The van der Waals surface area contributed by atoms with E-state index in [1.54, 1.807) is 24.3 Å². The van der Waals surface area contributed by atoms with Gasteiger partial charge in [-0.15, -0.1) is 0 Å². The SMILES string of the molecule is O=C1CCC(NC(=O)NC(C(=O)Nc2ccccc2)c2ccccc2)C(C2CCCO2)N1. The molecular formula is C24H28N4O4. The van der Waals surface area contributed by atoms with Gasteiger partial charge in [-0.2, -0.15) is 0 Å². The Hall–Kier alpha value is -3.39. The number of urea groups is 1. The van der Waals surface area contributed by atoms with Gasteiger partial charge in [0, 0.05) is 18.7 Å². The van der Waals surface area contributed by atoms with E-state index < -0.39 is 12.1 Å². The van der Waals surface area contributed by atoms with Crippen LogP contribution in [0, 0.1) is 0 Å². The molecule has 0 aliphatic carbocycles. The molecule has 4 atom stereocenters. The number of amides is 4. The lowest BCUT2D eigenvalue weighted by Gasteiger charge is -2.36. The molecule has 2 aliphatic rings. The number of hydrogen-bond donors (Lipinski definition) is 4. The van der Waals surface area contributed by atoms with Crippen LogP contribution >= 0.6 is 0 Å². The number of rotatable bonds is 6. The van der Waals surface area contributed by atoms with Gasteiger partial charge in [-0.1, -0.05) is 48.5 Å². The van der Waals surface area contributed by atoms with E-state index in [2.05, 4.69) is 21.3 Å². The van der Waals surface area contributed by atoms with Gasteiger partial charge in [0.15, 0.2) is 0 Å². The smallest absolute Gasteiger partial charge is 0.316 e. The molecule has 168 valence electrons. The van der Waals surface area contributed by atoms with Crippen molar-refractivity contribution in [3.63, 3.8) is 0 Å². The third kappa shape index (κ3) is 5.45. The Labute approximate surface area is 187 Å². The van der Waals surface area contributed by atoms with Crippen molar-refractivity contribution in [3.8, 4) is 0 Å². The van der Waals surface area contributed by atoms with Crippen molar-refractivity contribution in [1.29, 1.82) is 0 Å². The minimum atomic E-state index is -0.879. The van der Waals surface area contributed by atoms with Crippen LogP contribution in [-0.2, 0) is 14.3 Å². The molecule has 4 amide bonds. The summed E-state index contributed by atoms with van der Waals surface area (Å²) >= 11 is 0. The van der Waals surface area contributed by atoms with Crippen LogP contribution in [0.15, 0.2) is 60.7 Å². The molecular weight excluding hydrogens is 408 g/mol. The Morgan fingerprint density at radius 3 is 2.41 bits per heavy atom. The highest BCUT2D eigenvalue weighted by molar-refractivity contribution is 5.97. The predicted octanol–water partition coefficient (Wildman–Crippen LogP) is 2.49. The second kappa shape index (κ2) is 10.3. The highest BCUT2D eigenvalue weighted by atomic mass is 16.5. The third-order valence-corrected chi connectivity index (χ3v) is 5.84. The number of hydrogen-bond acceptors (Lipinski definition) is 4. The van der Waals surface area contributed by atoms with Crippen molar-refractivity contribution in [2.45, 2.75) is 49.9 Å². The number of piperidine rings is 1. The van der Waals surface area contributed by atoms with Crippen LogP contribution in [0.2, 0.25) is 0 Å². The van der Waals surface area contributed by atoms with Gasteiger partial charge in [0.2, 0.25) is 5.91 Å². The molecule has 0 saturated carbocycles. The number of benzene rings is 2. The van der Waals surface area contributed by atoms with Crippen molar-refractivity contribution in [2.24, 2.45) is 0 Å². The Bertz CT molecular complexity index is 932. The third-order valence-electron chi connectivity index (χ3n) is 5.84. The van der Waals surface area contributed by atoms with E-state index in [-0.39, 0.29) is 30.0 Å². The molecule has 0 spiro atoms. The Morgan fingerprint density at radius 2 is 1.72 bits per heavy atom. The van der Waals surface area contributed by atoms with E-state index in [0.717, 1.165) is 12.8 Å². The lowest BCUT2D eigenvalue weighted by molar-refractivity contribution is -0.125. The summed E-state index contributed by atoms with van der Waals surface area (Å²) in [7, 11) is 0. The maximum atomic E-state index is 13.0. The number of para-hydroxylation sites is 1. The molecule has 0 aromatic heterocycles. The molecule has 0 bridgehead atoms. The summed E-state index contributed by atoms with van der Waals surface area (Å²) in [6.45, 7) is 0.658. The normalized spacial score (nSPS) is 23.6. The van der Waals surface area contributed by atoms with Crippen LogP contribution in [0.3, 0.4) is 0 Å². The number of carbonyl (C=O) groups excluding carboxylic acids is 3. The fourth-order valence-electron chi connectivity index (χ4n) is 4.25. The van der Waals surface area contributed by atoms with Crippen molar-refractivity contribution in [1.82, 2.24) is 16.0 Å². The maximum absolute atomic E-state index is 13.0. The zero-order valence-corrected chi connectivity index (χ0v) is 17.8. The molecule has 0 radical (unpaired) electrons. The average Bonchev–Trinajstić information content (AvgIpc) is 3.35. The van der Waals surface area contributed by atoms with Gasteiger partial charge < -0.3 is 26.0 Å². The minimum Gasteiger partial charge on any atom is -0.376 e. The van der Waals surface area contributed by atoms with E-state index in [4.69, 9.17) is 4.74 Å². The molecule has 2 aromatic rings. The van der Waals surface area contributed by atoms with Gasteiger partial charge in [0.05, 0.1) is 18.2 Å². The van der Waals surface area contributed by atoms with Gasteiger partial charge >= 0.3 is 6.03 Å². The minimum absolute atomic E-state index is 0.0339. The zero-order valence-electron chi connectivity index (χ0n) is 17.8. The molecule has 2 aliphatic heterocycles. The summed E-state index contributed by atoms with van der Waals surface area (Å²) in [4.78, 5) is 37.9. The van der Waals surface area contributed by atoms with E-state index in [0.29, 0.717) is 30.7 Å². The van der Waals surface area contributed by atoms with Crippen molar-refractivity contribution in [2.75, 3.05) is 11.9 Å². The highest BCUT2D eigenvalue weighted by Crippen LogP contribution is 2.23. The highest BCUT2D eigenvalue weighted by Gasteiger charge is 2.38. The first-order valence-corrected chi connectivity index (χ1v) is 11.0. The molecule has 2 heterocycles. The Morgan fingerprint density at radius 1 is 1.00 bits per heavy atom. The maximum Gasteiger partial charge on any atom is 0.316 e. The van der Waals surface area contributed by atoms with Crippen LogP contribution in [-0.4, -0.2) is 42.6 Å². The summed E-state index contributed by atoms with van der Waals surface area (Å²) in [5, 5.41) is 11.6. The summed E-state index contributed by atoms with van der Waals surface area (Å²) in [6.07, 6.45) is 2.53. The lowest BCUT2D eigenvalue weighted by Crippen LogP contribution is -2.61. The second-order valence-electron chi connectivity index (χ2n) is 8.11. The second-order valence-corrected chi connectivity index (χ2v) is 8.11. The fourth-order valence-corrected chi connectivity index (χ4v) is 4.25. The van der Waals surface area contributed by atoms with E-state index >= 15 is 0 Å². The molecule has 8 nitrogen and oxygen atoms in total. The Balaban J connectivity index is 1.45. The summed E-state index contributed by atoms with van der Waals surface area (Å²) in [5.74, 6) is -0.376. The van der Waals surface area contributed by atoms with Crippen LogP contribution in [0.4, 0.5) is 10.5 Å². The zero-order chi connectivity index (χ0) is 22.3. The van der Waals surface area contributed by atoms with E-state index in [1.165, 1.54) is 0 Å². The first-order valence-electron chi connectivity index (χ1n) is 11.0. The van der Waals surface area contributed by atoms with Crippen LogP contribution in [0.1, 0.15) is 37.3 Å². The molecule has 4 unspecified atom stereocenters. The lowest BCUT2D eigenvalue weighted by atomic mass is 9.92. The monoisotopic (exact) mass is 436 g/mol. The molecule has 2 aromatic carbocycles. The van der Waals surface area contributed by atoms with Crippen molar-refractivity contribution < 1.29 is 19.1 Å². The molecule has 4 rings (SSSR count). The van der Waals surface area contributed by atoms with Gasteiger partial charge in [-0.3, -0.25) is 9.59 Å². The first-order chi connectivity index (χ1) is 15.6. The quantitative estimate of drug-likeness (QED) is 0.558. The number of carbonyl (C=O) groups is 3. The van der Waals surface area contributed by atoms with E-state index in [1.807, 2.05) is 36.4 Å². The fraction of sp³-hybridized carbons (Fsp3) is 0.375. The van der Waals surface area contributed by atoms with Gasteiger partial charge in [0.25, 0.3) is 5.91 Å². The van der Waals surface area contributed by atoms with Gasteiger partial charge in [-0.25, -0.2) is 4.79 Å².